The van der Waals surface area contributed by atoms with E-state index in [1.807, 2.05) is 0 Å². The predicted octanol–water partition coefficient (Wildman–Crippen LogP) is 4.70. The molecule has 0 saturated heterocycles. The van der Waals surface area contributed by atoms with Crippen molar-refractivity contribution in [2.75, 3.05) is 18.5 Å². The van der Waals surface area contributed by atoms with Crippen molar-refractivity contribution >= 4 is 23.2 Å². The summed E-state index contributed by atoms with van der Waals surface area (Å²) in [5.74, 6) is 0.712. The summed E-state index contributed by atoms with van der Waals surface area (Å²) in [5, 5.41) is 3.35. The summed E-state index contributed by atoms with van der Waals surface area (Å²) in [5.41, 5.74) is 0.668. The fourth-order valence-electron chi connectivity index (χ4n) is 3.80. The highest BCUT2D eigenvalue weighted by Crippen LogP contribution is 2.44. The van der Waals surface area contributed by atoms with Gasteiger partial charge in [-0.2, -0.15) is 0 Å². The van der Waals surface area contributed by atoms with Gasteiger partial charge in [0.2, 0.25) is 5.91 Å². The lowest BCUT2D eigenvalue weighted by Gasteiger charge is -2.29. The number of anilines is 1. The number of carbonyl (C=O) groups is 1. The van der Waals surface area contributed by atoms with Crippen LogP contribution < -0.4 is 14.8 Å². The van der Waals surface area contributed by atoms with Crippen molar-refractivity contribution in [3.8, 4) is 11.5 Å². The van der Waals surface area contributed by atoms with Crippen LogP contribution in [0, 0.1) is 5.82 Å². The summed E-state index contributed by atoms with van der Waals surface area (Å²) in [6, 6.07) is 9.56. The van der Waals surface area contributed by atoms with E-state index in [4.69, 9.17) is 21.1 Å². The van der Waals surface area contributed by atoms with Crippen LogP contribution in [0.4, 0.5) is 10.1 Å². The molecule has 1 amide bonds. The molecular weight excluding hydrogens is 357 g/mol. The van der Waals surface area contributed by atoms with Gasteiger partial charge in [0.15, 0.2) is 11.5 Å². The third kappa shape index (κ3) is 3.01. The van der Waals surface area contributed by atoms with E-state index < -0.39 is 5.41 Å². The minimum absolute atomic E-state index is 0.125. The van der Waals surface area contributed by atoms with Crippen molar-refractivity contribution in [1.29, 1.82) is 0 Å². The second-order valence-corrected chi connectivity index (χ2v) is 7.13. The summed E-state index contributed by atoms with van der Waals surface area (Å²) >= 11 is 6.32. The Balaban J connectivity index is 1.64. The van der Waals surface area contributed by atoms with E-state index in [9.17, 15) is 9.18 Å². The third-order valence-corrected chi connectivity index (χ3v) is 5.48. The van der Waals surface area contributed by atoms with E-state index in [0.29, 0.717) is 35.4 Å². The third-order valence-electron chi connectivity index (χ3n) is 5.17. The molecule has 1 aliphatic heterocycles. The Labute approximate surface area is 156 Å². The molecule has 2 aromatic rings. The second-order valence-electron chi connectivity index (χ2n) is 6.73. The van der Waals surface area contributed by atoms with Gasteiger partial charge in [-0.05, 0) is 30.5 Å². The first-order valence-corrected chi connectivity index (χ1v) is 9.13. The first-order valence-electron chi connectivity index (χ1n) is 8.75. The number of amides is 1. The van der Waals surface area contributed by atoms with Crippen molar-refractivity contribution in [2.24, 2.45) is 0 Å². The summed E-state index contributed by atoms with van der Waals surface area (Å²) in [7, 11) is 0. The molecule has 4 nitrogen and oxygen atoms in total. The molecule has 0 unspecified atom stereocenters. The van der Waals surface area contributed by atoms with Gasteiger partial charge in [-0.1, -0.05) is 36.6 Å². The van der Waals surface area contributed by atoms with Gasteiger partial charge < -0.3 is 14.8 Å². The zero-order valence-electron chi connectivity index (χ0n) is 14.2. The molecule has 2 aromatic carbocycles. The largest absolute Gasteiger partial charge is 0.486 e. The molecule has 26 heavy (non-hydrogen) atoms. The lowest BCUT2D eigenvalue weighted by Crippen LogP contribution is -2.38. The van der Waals surface area contributed by atoms with Gasteiger partial charge >= 0.3 is 0 Å². The number of rotatable bonds is 3. The van der Waals surface area contributed by atoms with Gasteiger partial charge in [-0.3, -0.25) is 4.79 Å². The van der Waals surface area contributed by atoms with Crippen LogP contribution in [-0.2, 0) is 10.2 Å². The number of nitrogens with one attached hydrogen (secondary N) is 1. The van der Waals surface area contributed by atoms with Crippen LogP contribution in [0.15, 0.2) is 36.4 Å². The van der Waals surface area contributed by atoms with E-state index in [0.717, 1.165) is 31.2 Å². The number of hydrogen-bond acceptors (Lipinski definition) is 3. The molecule has 0 aromatic heterocycles. The normalized spacial score (nSPS) is 17.8. The SMILES string of the molecule is O=C(Nc1cc2c(cc1Cl)OCCO2)C1(c2ccc(F)cc2)CCCC1. The van der Waals surface area contributed by atoms with Crippen LogP contribution in [-0.4, -0.2) is 19.1 Å². The van der Waals surface area contributed by atoms with Crippen molar-refractivity contribution in [2.45, 2.75) is 31.1 Å². The first kappa shape index (κ1) is 17.2. The zero-order chi connectivity index (χ0) is 18.1. The van der Waals surface area contributed by atoms with Crippen LogP contribution >= 0.6 is 11.6 Å². The Morgan fingerprint density at radius 1 is 1.04 bits per heavy atom. The predicted molar refractivity (Wildman–Crippen MR) is 97.6 cm³/mol. The maximum absolute atomic E-state index is 13.3. The minimum atomic E-state index is -0.662. The van der Waals surface area contributed by atoms with Gasteiger partial charge in [0.25, 0.3) is 0 Å². The molecule has 4 rings (SSSR count). The first-order chi connectivity index (χ1) is 12.6. The van der Waals surface area contributed by atoms with Crippen LogP contribution in [0.1, 0.15) is 31.2 Å². The molecule has 1 N–H and O–H groups in total. The molecule has 0 spiro atoms. The van der Waals surface area contributed by atoms with Crippen LogP contribution in [0.3, 0.4) is 0 Å². The highest BCUT2D eigenvalue weighted by atomic mass is 35.5. The number of hydrogen-bond donors (Lipinski definition) is 1. The number of benzene rings is 2. The average Bonchev–Trinajstić information content (AvgIpc) is 3.14. The number of ether oxygens (including phenoxy) is 2. The molecule has 0 radical (unpaired) electrons. The van der Waals surface area contributed by atoms with E-state index >= 15 is 0 Å². The van der Waals surface area contributed by atoms with Crippen LogP contribution in [0.25, 0.3) is 0 Å². The number of halogens is 2. The summed E-state index contributed by atoms with van der Waals surface area (Å²) < 4.78 is 24.4. The molecule has 2 aliphatic rings. The molecule has 0 atom stereocenters. The maximum atomic E-state index is 13.3. The van der Waals surface area contributed by atoms with Gasteiger partial charge in [-0.25, -0.2) is 4.39 Å². The summed E-state index contributed by atoms with van der Waals surface area (Å²) in [6.07, 6.45) is 3.37. The number of fused-ring (bicyclic) bond motifs is 1. The van der Waals surface area contributed by atoms with E-state index in [1.165, 1.54) is 12.1 Å². The molecule has 6 heteroatoms. The highest BCUT2D eigenvalue weighted by Gasteiger charge is 2.43. The maximum Gasteiger partial charge on any atom is 0.235 e. The Bertz CT molecular complexity index is 832. The van der Waals surface area contributed by atoms with Crippen molar-refractivity contribution in [3.63, 3.8) is 0 Å². The average molecular weight is 376 g/mol. The molecule has 1 heterocycles. The molecule has 1 aliphatic carbocycles. The van der Waals surface area contributed by atoms with Crippen molar-refractivity contribution < 1.29 is 18.7 Å². The van der Waals surface area contributed by atoms with Crippen molar-refractivity contribution in [3.05, 3.63) is 52.8 Å². The minimum Gasteiger partial charge on any atom is -0.486 e. The lowest BCUT2D eigenvalue weighted by molar-refractivity contribution is -0.121. The molecule has 1 fully saturated rings. The van der Waals surface area contributed by atoms with E-state index in [1.54, 1.807) is 24.3 Å². The van der Waals surface area contributed by atoms with Gasteiger partial charge in [0.05, 0.1) is 16.1 Å². The van der Waals surface area contributed by atoms with Crippen molar-refractivity contribution in [1.82, 2.24) is 0 Å². The summed E-state index contributed by atoms with van der Waals surface area (Å²) in [6.45, 7) is 0.935. The number of carbonyl (C=O) groups excluding carboxylic acids is 1. The van der Waals surface area contributed by atoms with Crippen LogP contribution in [0.5, 0.6) is 11.5 Å². The lowest BCUT2D eigenvalue weighted by atomic mass is 9.78. The molecule has 0 bridgehead atoms. The fraction of sp³-hybridized carbons (Fsp3) is 0.350. The van der Waals surface area contributed by atoms with Gasteiger partial charge in [0, 0.05) is 12.1 Å². The van der Waals surface area contributed by atoms with E-state index in [-0.39, 0.29) is 11.7 Å². The summed E-state index contributed by atoms with van der Waals surface area (Å²) in [4.78, 5) is 13.2. The molecule has 136 valence electrons. The van der Waals surface area contributed by atoms with Crippen LogP contribution in [0.2, 0.25) is 5.02 Å². The monoisotopic (exact) mass is 375 g/mol. The standard InChI is InChI=1S/C20H19ClFNO3/c21-15-11-17-18(26-10-9-25-17)12-16(15)23-19(24)20(7-1-2-8-20)13-3-5-14(22)6-4-13/h3-6,11-12H,1-2,7-10H2,(H,23,24). The topological polar surface area (TPSA) is 47.6 Å². The Morgan fingerprint density at radius 3 is 2.31 bits per heavy atom. The molecular formula is C20H19ClFNO3. The van der Waals surface area contributed by atoms with Gasteiger partial charge in [-0.15, -0.1) is 0 Å². The Hall–Kier alpha value is -2.27. The van der Waals surface area contributed by atoms with Gasteiger partial charge in [0.1, 0.15) is 19.0 Å². The van der Waals surface area contributed by atoms with E-state index in [2.05, 4.69) is 5.32 Å². The second kappa shape index (κ2) is 6.80. The molecule has 1 saturated carbocycles. The quantitative estimate of drug-likeness (QED) is 0.845. The fourth-order valence-corrected chi connectivity index (χ4v) is 4.00. The Morgan fingerprint density at radius 2 is 1.65 bits per heavy atom. The smallest absolute Gasteiger partial charge is 0.235 e. The highest BCUT2D eigenvalue weighted by molar-refractivity contribution is 6.34. The zero-order valence-corrected chi connectivity index (χ0v) is 14.9. The Kier molecular flexibility index (Phi) is 4.49.